The van der Waals surface area contributed by atoms with Crippen LogP contribution in [0.2, 0.25) is 0 Å². The van der Waals surface area contributed by atoms with Crippen LogP contribution in [0.25, 0.3) is 0 Å². The van der Waals surface area contributed by atoms with Crippen LogP contribution in [0.3, 0.4) is 0 Å². The molecule has 2 fully saturated rings. The summed E-state index contributed by atoms with van der Waals surface area (Å²) in [6, 6.07) is 4.39. The first kappa shape index (κ1) is 23.9. The molecule has 0 radical (unpaired) electrons. The molecule has 2 N–H and O–H groups in total. The van der Waals surface area contributed by atoms with Crippen molar-refractivity contribution in [2.24, 2.45) is 16.8 Å². The second-order valence-corrected chi connectivity index (χ2v) is 8.85. The van der Waals surface area contributed by atoms with Crippen molar-refractivity contribution in [3.05, 3.63) is 22.4 Å². The van der Waals surface area contributed by atoms with Crippen LogP contribution in [0, 0.1) is 11.8 Å². The van der Waals surface area contributed by atoms with Gasteiger partial charge in [-0.15, -0.1) is 35.3 Å². The van der Waals surface area contributed by atoms with Crippen molar-refractivity contribution in [3.8, 4) is 0 Å². The van der Waals surface area contributed by atoms with E-state index in [0.717, 1.165) is 57.7 Å². The first-order valence-corrected chi connectivity index (χ1v) is 11.6. The standard InChI is InChI=1S/C21H36N4OS.HI/c1-2-22-21(23-10-4-13-26-17-19-6-7-19)24-15-18-8-11-25(12-9-18)16-20-5-3-14-27-20;/h3,5,14,18-19H,2,4,6-13,15-17H2,1H3,(H2,22,23,24);1H. The molecule has 1 saturated heterocycles. The van der Waals surface area contributed by atoms with E-state index in [0.29, 0.717) is 5.92 Å². The van der Waals surface area contributed by atoms with Crippen LogP contribution in [0.1, 0.15) is 43.9 Å². The molecule has 28 heavy (non-hydrogen) atoms. The highest BCUT2D eigenvalue weighted by Gasteiger charge is 2.21. The highest BCUT2D eigenvalue weighted by molar-refractivity contribution is 14.0. The molecule has 0 unspecified atom stereocenters. The van der Waals surface area contributed by atoms with Crippen molar-refractivity contribution in [3.63, 3.8) is 0 Å². The number of hydrogen-bond donors (Lipinski definition) is 2. The second-order valence-electron chi connectivity index (χ2n) is 7.82. The van der Waals surface area contributed by atoms with Gasteiger partial charge < -0.3 is 15.4 Å². The topological polar surface area (TPSA) is 48.9 Å². The number of rotatable bonds is 11. The van der Waals surface area contributed by atoms with E-state index in [1.807, 2.05) is 11.3 Å². The van der Waals surface area contributed by atoms with Crippen LogP contribution in [-0.2, 0) is 11.3 Å². The molecular weight excluding hydrogens is 483 g/mol. The van der Waals surface area contributed by atoms with E-state index < -0.39 is 0 Å². The summed E-state index contributed by atoms with van der Waals surface area (Å²) in [5.74, 6) is 2.52. The van der Waals surface area contributed by atoms with Gasteiger partial charge in [-0.25, -0.2) is 0 Å². The molecule has 2 heterocycles. The Balaban J connectivity index is 0.00000280. The van der Waals surface area contributed by atoms with Crippen molar-refractivity contribution in [2.75, 3.05) is 45.9 Å². The van der Waals surface area contributed by atoms with E-state index in [4.69, 9.17) is 9.73 Å². The summed E-state index contributed by atoms with van der Waals surface area (Å²) in [6.07, 6.45) is 6.27. The zero-order valence-electron chi connectivity index (χ0n) is 17.2. The number of ether oxygens (including phenoxy) is 1. The Morgan fingerprint density at radius 2 is 2.04 bits per heavy atom. The third kappa shape index (κ3) is 9.41. The van der Waals surface area contributed by atoms with Gasteiger partial charge in [-0.2, -0.15) is 0 Å². The lowest BCUT2D eigenvalue weighted by Crippen LogP contribution is -2.39. The summed E-state index contributed by atoms with van der Waals surface area (Å²) in [5.41, 5.74) is 0. The molecule has 3 rings (SSSR count). The van der Waals surface area contributed by atoms with Crippen molar-refractivity contribution < 1.29 is 4.74 Å². The lowest BCUT2D eigenvalue weighted by atomic mass is 9.97. The van der Waals surface area contributed by atoms with Crippen LogP contribution < -0.4 is 10.6 Å². The highest BCUT2D eigenvalue weighted by atomic mass is 127. The normalized spacial score (nSPS) is 18.7. The smallest absolute Gasteiger partial charge is 0.191 e. The van der Waals surface area contributed by atoms with E-state index in [2.05, 4.69) is 40.0 Å². The highest BCUT2D eigenvalue weighted by Crippen LogP contribution is 2.28. The number of guanidine groups is 1. The summed E-state index contributed by atoms with van der Waals surface area (Å²) < 4.78 is 5.70. The first-order valence-electron chi connectivity index (χ1n) is 10.7. The molecule has 160 valence electrons. The van der Waals surface area contributed by atoms with Gasteiger partial charge in [-0.1, -0.05) is 6.07 Å². The van der Waals surface area contributed by atoms with Gasteiger partial charge in [-0.05, 0) is 75.4 Å². The summed E-state index contributed by atoms with van der Waals surface area (Å²) >= 11 is 1.86. The van der Waals surface area contributed by atoms with E-state index in [1.165, 1.54) is 43.6 Å². The second kappa shape index (κ2) is 13.8. The van der Waals surface area contributed by atoms with E-state index in [-0.39, 0.29) is 24.0 Å². The Bertz CT molecular complexity index is 543. The monoisotopic (exact) mass is 520 g/mol. The zero-order chi connectivity index (χ0) is 18.7. The molecule has 2 aliphatic rings. The molecule has 5 nitrogen and oxygen atoms in total. The molecule has 0 aromatic carbocycles. The van der Waals surface area contributed by atoms with Crippen LogP contribution in [-0.4, -0.2) is 56.8 Å². The van der Waals surface area contributed by atoms with E-state index in [9.17, 15) is 0 Å². The molecule has 0 bridgehead atoms. The SMILES string of the molecule is CCNC(=NCC1CCN(Cc2cccs2)CC1)NCCCOCC1CC1.I. The number of nitrogens with one attached hydrogen (secondary N) is 2. The minimum absolute atomic E-state index is 0. The number of likely N-dealkylation sites (tertiary alicyclic amines) is 1. The minimum Gasteiger partial charge on any atom is -0.381 e. The van der Waals surface area contributed by atoms with Crippen molar-refractivity contribution in [2.45, 2.75) is 45.6 Å². The number of piperidine rings is 1. The van der Waals surface area contributed by atoms with Gasteiger partial charge in [-0.3, -0.25) is 9.89 Å². The predicted octanol–water partition coefficient (Wildman–Crippen LogP) is 3.95. The lowest BCUT2D eigenvalue weighted by molar-refractivity contribution is 0.123. The fraction of sp³-hybridized carbons (Fsp3) is 0.762. The molecule has 1 aromatic rings. The third-order valence-electron chi connectivity index (χ3n) is 5.33. The molecule has 7 heteroatoms. The Kier molecular flexibility index (Phi) is 11.8. The largest absolute Gasteiger partial charge is 0.381 e. The number of halogens is 1. The first-order chi connectivity index (χ1) is 13.3. The molecule has 1 aliphatic heterocycles. The van der Waals surface area contributed by atoms with Crippen molar-refractivity contribution >= 4 is 41.3 Å². The average molecular weight is 521 g/mol. The number of hydrogen-bond acceptors (Lipinski definition) is 4. The van der Waals surface area contributed by atoms with Gasteiger partial charge >= 0.3 is 0 Å². The van der Waals surface area contributed by atoms with Gasteiger partial charge in [0.1, 0.15) is 0 Å². The molecule has 1 aromatic heterocycles. The van der Waals surface area contributed by atoms with Crippen molar-refractivity contribution in [1.29, 1.82) is 0 Å². The maximum Gasteiger partial charge on any atom is 0.191 e. The fourth-order valence-electron chi connectivity index (χ4n) is 3.43. The molecule has 0 amide bonds. The fourth-order valence-corrected chi connectivity index (χ4v) is 4.17. The Morgan fingerprint density at radius 3 is 2.71 bits per heavy atom. The van der Waals surface area contributed by atoms with Gasteiger partial charge in [0, 0.05) is 44.3 Å². The van der Waals surface area contributed by atoms with Crippen LogP contribution in [0.5, 0.6) is 0 Å². The summed E-state index contributed by atoms with van der Waals surface area (Å²) in [6.45, 7) is 10.2. The van der Waals surface area contributed by atoms with Gasteiger partial charge in [0.15, 0.2) is 5.96 Å². The Morgan fingerprint density at radius 1 is 1.21 bits per heavy atom. The molecule has 0 spiro atoms. The quantitative estimate of drug-likeness (QED) is 0.201. The summed E-state index contributed by atoms with van der Waals surface area (Å²) in [4.78, 5) is 8.89. The Labute approximate surface area is 191 Å². The predicted molar refractivity (Wildman–Crippen MR) is 130 cm³/mol. The van der Waals surface area contributed by atoms with Gasteiger partial charge in [0.05, 0.1) is 0 Å². The minimum atomic E-state index is 0. The number of aliphatic imine (C=N–C) groups is 1. The average Bonchev–Trinajstić information content (AvgIpc) is 3.37. The third-order valence-corrected chi connectivity index (χ3v) is 6.19. The molecule has 1 aliphatic carbocycles. The number of thiophene rings is 1. The molecule has 1 saturated carbocycles. The van der Waals surface area contributed by atoms with E-state index >= 15 is 0 Å². The zero-order valence-corrected chi connectivity index (χ0v) is 20.3. The van der Waals surface area contributed by atoms with Crippen LogP contribution in [0.15, 0.2) is 22.5 Å². The van der Waals surface area contributed by atoms with Gasteiger partial charge in [0.2, 0.25) is 0 Å². The molecular formula is C21H37IN4OS. The summed E-state index contributed by atoms with van der Waals surface area (Å²) in [7, 11) is 0. The van der Waals surface area contributed by atoms with Crippen LogP contribution >= 0.6 is 35.3 Å². The maximum absolute atomic E-state index is 5.70. The molecule has 0 atom stereocenters. The van der Waals surface area contributed by atoms with Crippen LogP contribution in [0.4, 0.5) is 0 Å². The lowest BCUT2D eigenvalue weighted by Gasteiger charge is -2.31. The maximum atomic E-state index is 5.70. The number of nitrogens with zero attached hydrogens (tertiary/aromatic N) is 2. The Hall–Kier alpha value is -0.380. The van der Waals surface area contributed by atoms with Crippen molar-refractivity contribution in [1.82, 2.24) is 15.5 Å². The summed E-state index contributed by atoms with van der Waals surface area (Å²) in [5, 5.41) is 8.99. The van der Waals surface area contributed by atoms with E-state index in [1.54, 1.807) is 0 Å². The van der Waals surface area contributed by atoms with Gasteiger partial charge in [0.25, 0.3) is 0 Å².